The van der Waals surface area contributed by atoms with Crippen LogP contribution in [0.2, 0.25) is 0 Å². The van der Waals surface area contributed by atoms with E-state index in [0.717, 1.165) is 0 Å². The molecular weight excluding hydrogens is 204 g/mol. The third-order valence-electron chi connectivity index (χ3n) is 0.917. The number of rotatable bonds is 0. The Kier molecular flexibility index (Phi) is 67.8. The molecule has 1 rings (SSSR count). The Bertz CT molecular complexity index is 168. The highest BCUT2D eigenvalue weighted by Gasteiger charge is 1.57. The molecule has 0 heterocycles. The predicted molar refractivity (Wildman–Crippen MR) is 84.2 cm³/mol. The Balaban J connectivity index is -0.0000000684. The Labute approximate surface area is 110 Å². The first kappa shape index (κ1) is 24.8. The predicted octanol–water partition coefficient (Wildman–Crippen LogP) is 6.18. The molecule has 1 aromatic rings. The summed E-state index contributed by atoms with van der Waals surface area (Å²) in [7, 11) is 0. The minimum Gasteiger partial charge on any atom is -0.107 e. The van der Waals surface area contributed by atoms with Gasteiger partial charge in [-0.05, 0) is 13.8 Å². The molecule has 0 saturated carbocycles. The first-order valence-electron chi connectivity index (χ1n) is 6.66. The summed E-state index contributed by atoms with van der Waals surface area (Å²) < 4.78 is 0. The standard InChI is InChI=1S/C6H6.C4H6.C3H8.2C2H6/c1-2-4-6-5-3-1;1-3-4-2;1-3-2;2*1-2/h1-6H;1-2H3;3H2,1-2H3;2*1-2H3. The van der Waals surface area contributed by atoms with Crippen LogP contribution in [0.25, 0.3) is 0 Å². The molecule has 0 aliphatic heterocycles. The van der Waals surface area contributed by atoms with E-state index in [2.05, 4.69) is 25.7 Å². The normalized spacial score (nSPS) is 5.41. The van der Waals surface area contributed by atoms with E-state index in [0.29, 0.717) is 0 Å². The van der Waals surface area contributed by atoms with Crippen molar-refractivity contribution in [3.05, 3.63) is 36.4 Å². The summed E-state index contributed by atoms with van der Waals surface area (Å²) in [5.74, 6) is 5.36. The molecule has 0 aliphatic rings. The lowest BCUT2D eigenvalue weighted by atomic mass is 10.4. The topological polar surface area (TPSA) is 0 Å². The van der Waals surface area contributed by atoms with Gasteiger partial charge in [0.25, 0.3) is 0 Å². The van der Waals surface area contributed by atoms with Crippen LogP contribution in [0.15, 0.2) is 36.4 Å². The monoisotopic (exact) mass is 236 g/mol. The van der Waals surface area contributed by atoms with Crippen LogP contribution >= 0.6 is 0 Å². The van der Waals surface area contributed by atoms with Gasteiger partial charge in [-0.25, -0.2) is 0 Å². The lowest BCUT2D eigenvalue weighted by Crippen LogP contribution is -1.47. The van der Waals surface area contributed by atoms with Gasteiger partial charge in [0, 0.05) is 0 Å². The second kappa shape index (κ2) is 46.4. The summed E-state index contributed by atoms with van der Waals surface area (Å²) in [5.41, 5.74) is 0. The van der Waals surface area contributed by atoms with Gasteiger partial charge in [0.05, 0.1) is 0 Å². The summed E-state index contributed by atoms with van der Waals surface area (Å²) in [4.78, 5) is 0. The molecule has 1 aromatic carbocycles. The maximum atomic E-state index is 2.68. The summed E-state index contributed by atoms with van der Waals surface area (Å²) >= 11 is 0. The minimum atomic E-state index is 1.25. The molecule has 0 fully saturated rings. The van der Waals surface area contributed by atoms with E-state index in [1.807, 2.05) is 77.9 Å². The van der Waals surface area contributed by atoms with Crippen molar-refractivity contribution in [3.8, 4) is 11.8 Å². The molecule has 0 atom stereocenters. The van der Waals surface area contributed by atoms with Crippen molar-refractivity contribution in [1.82, 2.24) is 0 Å². The molecule has 0 N–H and O–H groups in total. The van der Waals surface area contributed by atoms with Gasteiger partial charge in [0.2, 0.25) is 0 Å². The van der Waals surface area contributed by atoms with Crippen LogP contribution in [-0.2, 0) is 0 Å². The van der Waals surface area contributed by atoms with Crippen molar-refractivity contribution in [3.63, 3.8) is 0 Å². The summed E-state index contributed by atoms with van der Waals surface area (Å²) in [6.07, 6.45) is 1.25. The Morgan fingerprint density at radius 3 is 0.765 bits per heavy atom. The van der Waals surface area contributed by atoms with Crippen LogP contribution in [0.5, 0.6) is 0 Å². The van der Waals surface area contributed by atoms with Crippen LogP contribution in [-0.4, -0.2) is 0 Å². The molecule has 0 saturated heterocycles. The van der Waals surface area contributed by atoms with Crippen molar-refractivity contribution in [2.24, 2.45) is 0 Å². The molecule has 17 heavy (non-hydrogen) atoms. The van der Waals surface area contributed by atoms with Crippen LogP contribution in [0.1, 0.15) is 61.8 Å². The van der Waals surface area contributed by atoms with Crippen LogP contribution in [0.3, 0.4) is 0 Å². The van der Waals surface area contributed by atoms with E-state index in [4.69, 9.17) is 0 Å². The smallest absolute Gasteiger partial charge is 0.00271 e. The van der Waals surface area contributed by atoms with Crippen molar-refractivity contribution in [2.75, 3.05) is 0 Å². The Hall–Kier alpha value is -1.22. The molecule has 0 spiro atoms. The fraction of sp³-hybridized carbons (Fsp3) is 0.529. The lowest BCUT2D eigenvalue weighted by Gasteiger charge is -1.69. The average Bonchev–Trinajstić information content (AvgIpc) is 2.46. The third kappa shape index (κ3) is 72.3. The van der Waals surface area contributed by atoms with Gasteiger partial charge >= 0.3 is 0 Å². The zero-order valence-electron chi connectivity index (χ0n) is 13.2. The van der Waals surface area contributed by atoms with E-state index >= 15 is 0 Å². The van der Waals surface area contributed by atoms with E-state index in [9.17, 15) is 0 Å². The van der Waals surface area contributed by atoms with E-state index in [1.54, 1.807) is 0 Å². The fourth-order valence-corrected chi connectivity index (χ4v) is 0.385. The fourth-order valence-electron chi connectivity index (χ4n) is 0.385. The van der Waals surface area contributed by atoms with Crippen molar-refractivity contribution in [2.45, 2.75) is 61.8 Å². The zero-order valence-corrected chi connectivity index (χ0v) is 13.2. The number of benzene rings is 1. The molecule has 0 bridgehead atoms. The lowest BCUT2D eigenvalue weighted by molar-refractivity contribution is 1.09. The summed E-state index contributed by atoms with van der Waals surface area (Å²) in [6.45, 7) is 15.9. The zero-order chi connectivity index (χ0) is 14.4. The van der Waals surface area contributed by atoms with Crippen molar-refractivity contribution in [1.29, 1.82) is 0 Å². The van der Waals surface area contributed by atoms with Gasteiger partial charge in [-0.1, -0.05) is 84.4 Å². The molecule has 0 aromatic heterocycles. The average molecular weight is 236 g/mol. The summed E-state index contributed by atoms with van der Waals surface area (Å²) in [5, 5.41) is 0. The minimum absolute atomic E-state index is 1.25. The van der Waals surface area contributed by atoms with Crippen molar-refractivity contribution < 1.29 is 0 Å². The van der Waals surface area contributed by atoms with Crippen molar-refractivity contribution >= 4 is 0 Å². The Morgan fingerprint density at radius 1 is 0.588 bits per heavy atom. The molecule has 0 unspecified atom stereocenters. The first-order valence-corrected chi connectivity index (χ1v) is 6.66. The van der Waals surface area contributed by atoms with Gasteiger partial charge in [-0.3, -0.25) is 0 Å². The van der Waals surface area contributed by atoms with Gasteiger partial charge in [0.15, 0.2) is 0 Å². The highest BCUT2D eigenvalue weighted by atomic mass is 13.6. The highest BCUT2D eigenvalue weighted by molar-refractivity contribution is 4.99. The quantitative estimate of drug-likeness (QED) is 0.471. The van der Waals surface area contributed by atoms with Crippen LogP contribution < -0.4 is 0 Å². The van der Waals surface area contributed by atoms with Gasteiger partial charge in [-0.15, -0.1) is 11.8 Å². The molecule has 0 amide bonds. The molecule has 0 aliphatic carbocycles. The number of hydrogen-bond acceptors (Lipinski definition) is 0. The van der Waals surface area contributed by atoms with E-state index in [-0.39, 0.29) is 0 Å². The second-order valence-corrected chi connectivity index (χ2v) is 2.36. The van der Waals surface area contributed by atoms with Crippen LogP contribution in [0, 0.1) is 11.8 Å². The largest absolute Gasteiger partial charge is 0.107 e. The second-order valence-electron chi connectivity index (χ2n) is 2.36. The molecule has 100 valence electrons. The highest BCUT2D eigenvalue weighted by Crippen LogP contribution is 1.79. The molecule has 0 heteroatoms. The van der Waals surface area contributed by atoms with Gasteiger partial charge in [0.1, 0.15) is 0 Å². The maximum Gasteiger partial charge on any atom is -0.00271 e. The summed E-state index contributed by atoms with van der Waals surface area (Å²) in [6, 6.07) is 12.0. The molecule has 0 nitrogen and oxygen atoms in total. The van der Waals surface area contributed by atoms with E-state index < -0.39 is 0 Å². The first-order chi connectivity index (χ1) is 8.33. The Morgan fingerprint density at radius 2 is 0.706 bits per heavy atom. The number of hydrogen-bond donors (Lipinski definition) is 0. The van der Waals surface area contributed by atoms with Gasteiger partial charge in [-0.2, -0.15) is 0 Å². The maximum absolute atomic E-state index is 2.68. The van der Waals surface area contributed by atoms with Crippen LogP contribution in [0.4, 0.5) is 0 Å². The van der Waals surface area contributed by atoms with E-state index in [1.165, 1.54) is 6.42 Å². The van der Waals surface area contributed by atoms with Gasteiger partial charge < -0.3 is 0 Å². The third-order valence-corrected chi connectivity index (χ3v) is 0.917. The molecule has 0 radical (unpaired) electrons. The SMILES string of the molecule is CC.CC.CC#CC.CCC.c1ccccc1. The molecular formula is C17H32.